The minimum Gasteiger partial charge on any atom is -0.396 e. The molecule has 0 amide bonds. The molecule has 0 unspecified atom stereocenters. The molecule has 0 aromatic rings. The lowest BCUT2D eigenvalue weighted by Crippen LogP contribution is -2.42. The van der Waals surface area contributed by atoms with Gasteiger partial charge in [0, 0.05) is 12.1 Å². The van der Waals surface area contributed by atoms with E-state index in [0.717, 1.165) is 5.49 Å². The van der Waals surface area contributed by atoms with Crippen molar-refractivity contribution in [2.75, 3.05) is 0 Å². The third kappa shape index (κ3) is 9.81. The maximum atomic E-state index is 5.59. The van der Waals surface area contributed by atoms with Crippen LogP contribution in [0.5, 0.6) is 0 Å². The summed E-state index contributed by atoms with van der Waals surface area (Å²) in [6, 6.07) is 0.907. The Hall–Kier alpha value is -0.190. The summed E-state index contributed by atoms with van der Waals surface area (Å²) in [4.78, 5) is 0. The Kier molecular flexibility index (Phi) is 9.64. The van der Waals surface area contributed by atoms with Gasteiger partial charge in [-0.25, -0.2) is 5.01 Å². The predicted molar refractivity (Wildman–Crippen MR) is 54.1 cm³/mol. The van der Waals surface area contributed by atoms with Gasteiger partial charge in [0.15, 0.2) is 0 Å². The number of nitrogens with two attached hydrogens (primary N) is 2. The van der Waals surface area contributed by atoms with Crippen molar-refractivity contribution in [1.29, 1.82) is 0 Å². The molecule has 0 saturated carbocycles. The van der Waals surface area contributed by atoms with Crippen LogP contribution in [0.15, 0.2) is 0 Å². The maximum Gasteiger partial charge on any atom is 0.0588 e. The summed E-state index contributed by atoms with van der Waals surface area (Å²) in [6.07, 6.45) is 0. The fourth-order valence-corrected chi connectivity index (χ4v) is 0.596. The van der Waals surface area contributed by atoms with E-state index in [-0.39, 0.29) is 0 Å². The van der Waals surface area contributed by atoms with Crippen LogP contribution in [0, 0.1) is 0 Å². The number of hydrogen-bond acceptors (Lipinski definition) is 3. The smallest absolute Gasteiger partial charge is 0.0588 e. The van der Waals surface area contributed by atoms with Crippen LogP contribution in [0.2, 0.25) is 0 Å². The molecule has 0 saturated heterocycles. The van der Waals surface area contributed by atoms with E-state index in [9.17, 15) is 0 Å². The quantitative estimate of drug-likeness (QED) is 0.373. The molecule has 0 rings (SSSR count). The molecule has 3 nitrogen and oxygen atoms in total. The van der Waals surface area contributed by atoms with Crippen molar-refractivity contribution < 1.29 is 0 Å². The van der Waals surface area contributed by atoms with Gasteiger partial charge < -0.3 is 5.73 Å². The van der Waals surface area contributed by atoms with Gasteiger partial charge in [0.1, 0.15) is 0 Å². The molecule has 4 N–H and O–H groups in total. The Balaban J connectivity index is 0. The first-order valence-corrected chi connectivity index (χ1v) is 4.12. The fraction of sp³-hybridized carbons (Fsp3) is 0.857. The molecule has 0 spiro atoms. The predicted octanol–water partition coefficient (Wildman–Crippen LogP) is 0.881. The van der Waals surface area contributed by atoms with Gasteiger partial charge in [-0.05, 0) is 27.7 Å². The normalized spacial score (nSPS) is 9.82. The van der Waals surface area contributed by atoms with Crippen LogP contribution >= 0.6 is 12.2 Å². The van der Waals surface area contributed by atoms with Crippen molar-refractivity contribution >= 4 is 17.7 Å². The number of hydrogen-bond donors (Lipinski definition) is 2. The second-order valence-corrected chi connectivity index (χ2v) is 3.04. The monoisotopic (exact) mass is 177 g/mol. The second-order valence-electron chi connectivity index (χ2n) is 2.77. The minimum absolute atomic E-state index is 0.454. The number of thiocarbonyl (C=S) groups is 1. The van der Waals surface area contributed by atoms with Crippen molar-refractivity contribution in [2.45, 2.75) is 39.8 Å². The molecule has 0 aliphatic carbocycles. The van der Waals surface area contributed by atoms with Crippen LogP contribution in [0.25, 0.3) is 0 Å². The topological polar surface area (TPSA) is 55.3 Å². The molecular formula is C7H19N3S. The molecule has 11 heavy (non-hydrogen) atoms. The van der Waals surface area contributed by atoms with Crippen LogP contribution < -0.4 is 11.6 Å². The van der Waals surface area contributed by atoms with Gasteiger partial charge in [0.2, 0.25) is 0 Å². The van der Waals surface area contributed by atoms with Gasteiger partial charge in [-0.3, -0.25) is 5.84 Å². The van der Waals surface area contributed by atoms with Gasteiger partial charge >= 0.3 is 0 Å². The molecular weight excluding hydrogens is 158 g/mol. The average Bonchev–Trinajstić information content (AvgIpc) is 1.87. The van der Waals surface area contributed by atoms with Gasteiger partial charge in [-0.2, -0.15) is 0 Å². The number of nitrogens with zero attached hydrogens (tertiary/aromatic N) is 1. The van der Waals surface area contributed by atoms with Crippen LogP contribution in [-0.2, 0) is 0 Å². The third-order valence-electron chi connectivity index (χ3n) is 1.19. The third-order valence-corrected chi connectivity index (χ3v) is 1.19. The zero-order valence-electron chi connectivity index (χ0n) is 7.74. The summed E-state index contributed by atoms with van der Waals surface area (Å²) in [5.41, 5.74) is 5.62. The van der Waals surface area contributed by atoms with E-state index >= 15 is 0 Å². The largest absolute Gasteiger partial charge is 0.396 e. The minimum atomic E-state index is 0.454. The van der Waals surface area contributed by atoms with Crippen LogP contribution in [0.4, 0.5) is 0 Å². The SMILES string of the molecule is CC(C)N(N)C(C)C.NC=S. The highest BCUT2D eigenvalue weighted by atomic mass is 32.1. The lowest BCUT2D eigenvalue weighted by Gasteiger charge is -2.24. The summed E-state index contributed by atoms with van der Waals surface area (Å²) < 4.78 is 0. The Labute approximate surface area is 74.7 Å². The highest BCUT2D eigenvalue weighted by molar-refractivity contribution is 7.78. The molecule has 4 heteroatoms. The van der Waals surface area contributed by atoms with Gasteiger partial charge in [0.05, 0.1) is 5.49 Å². The van der Waals surface area contributed by atoms with Gasteiger partial charge in [0.25, 0.3) is 0 Å². The number of hydrazine groups is 1. The van der Waals surface area contributed by atoms with Crippen molar-refractivity contribution in [3.8, 4) is 0 Å². The van der Waals surface area contributed by atoms with E-state index in [0.29, 0.717) is 12.1 Å². The van der Waals surface area contributed by atoms with E-state index < -0.39 is 0 Å². The molecule has 0 radical (unpaired) electrons. The summed E-state index contributed by atoms with van der Waals surface area (Å²) in [5.74, 6) is 5.59. The molecule has 0 aliphatic rings. The summed E-state index contributed by atoms with van der Waals surface area (Å²) >= 11 is 4.05. The molecule has 68 valence electrons. The van der Waals surface area contributed by atoms with Crippen molar-refractivity contribution in [3.63, 3.8) is 0 Å². The Morgan fingerprint density at radius 3 is 1.36 bits per heavy atom. The molecule has 0 aromatic heterocycles. The first-order valence-electron chi connectivity index (χ1n) is 3.65. The molecule has 0 aromatic carbocycles. The van der Waals surface area contributed by atoms with Crippen LogP contribution in [-0.4, -0.2) is 22.6 Å². The lowest BCUT2D eigenvalue weighted by molar-refractivity contribution is 0.179. The Bertz CT molecular complexity index is 85.7. The molecule has 0 atom stereocenters. The first-order chi connectivity index (χ1) is 4.97. The first kappa shape index (κ1) is 13.4. The van der Waals surface area contributed by atoms with Crippen molar-refractivity contribution in [1.82, 2.24) is 5.01 Å². The summed E-state index contributed by atoms with van der Waals surface area (Å²) in [7, 11) is 0. The van der Waals surface area contributed by atoms with Crippen molar-refractivity contribution in [3.05, 3.63) is 0 Å². The van der Waals surface area contributed by atoms with E-state index in [1.807, 2.05) is 5.01 Å². The highest BCUT2D eigenvalue weighted by Crippen LogP contribution is 1.95. The van der Waals surface area contributed by atoms with Crippen LogP contribution in [0.1, 0.15) is 27.7 Å². The molecule has 0 heterocycles. The van der Waals surface area contributed by atoms with E-state index in [1.165, 1.54) is 0 Å². The summed E-state index contributed by atoms with van der Waals surface area (Å²) in [5, 5.41) is 1.83. The number of rotatable bonds is 2. The second kappa shape index (κ2) is 7.91. The zero-order chi connectivity index (χ0) is 9.44. The fourth-order valence-electron chi connectivity index (χ4n) is 0.596. The molecule has 0 bridgehead atoms. The summed E-state index contributed by atoms with van der Waals surface area (Å²) in [6.45, 7) is 8.33. The van der Waals surface area contributed by atoms with E-state index in [1.54, 1.807) is 0 Å². The van der Waals surface area contributed by atoms with E-state index in [4.69, 9.17) is 5.84 Å². The van der Waals surface area contributed by atoms with Crippen LogP contribution in [0.3, 0.4) is 0 Å². The average molecular weight is 177 g/mol. The maximum absolute atomic E-state index is 5.59. The zero-order valence-corrected chi connectivity index (χ0v) is 8.56. The molecule has 0 aliphatic heterocycles. The highest BCUT2D eigenvalue weighted by Gasteiger charge is 2.05. The standard InChI is InChI=1S/C6H16N2.CH3NS/c1-5(2)8(7)6(3)4;2-1-3/h5-6H,7H2,1-4H3;1H,(H2,2,3). The van der Waals surface area contributed by atoms with E-state index in [2.05, 4.69) is 45.6 Å². The molecule has 0 fully saturated rings. The lowest BCUT2D eigenvalue weighted by atomic mass is 10.3. The Morgan fingerprint density at radius 1 is 1.18 bits per heavy atom. The van der Waals surface area contributed by atoms with Gasteiger partial charge in [-0.15, -0.1) is 0 Å². The van der Waals surface area contributed by atoms with Gasteiger partial charge in [-0.1, -0.05) is 12.2 Å². The van der Waals surface area contributed by atoms with Crippen molar-refractivity contribution in [2.24, 2.45) is 11.6 Å². The Morgan fingerprint density at radius 2 is 1.36 bits per heavy atom.